The molecule has 0 aliphatic rings. The summed E-state index contributed by atoms with van der Waals surface area (Å²) in [7, 11) is 5.51. The molecule has 0 aliphatic heterocycles. The van der Waals surface area contributed by atoms with Crippen molar-refractivity contribution in [1.82, 2.24) is 9.88 Å². The number of carbonyl (C=O) groups excluding carboxylic acids is 1. The number of amides is 1. The molecule has 1 aromatic heterocycles. The largest absolute Gasteiger partial charge is 0.496 e. The van der Waals surface area contributed by atoms with Gasteiger partial charge in [-0.15, -0.1) is 0 Å². The van der Waals surface area contributed by atoms with E-state index in [1.165, 1.54) is 16.9 Å². The van der Waals surface area contributed by atoms with Gasteiger partial charge < -0.3 is 9.64 Å². The fourth-order valence-electron chi connectivity index (χ4n) is 3.05. The molecule has 148 valence electrons. The molecule has 0 fully saturated rings. The van der Waals surface area contributed by atoms with E-state index in [-0.39, 0.29) is 5.91 Å². The lowest BCUT2D eigenvalue weighted by Gasteiger charge is -2.23. The van der Waals surface area contributed by atoms with Crippen molar-refractivity contribution in [2.45, 2.75) is 13.8 Å². The van der Waals surface area contributed by atoms with E-state index in [1.807, 2.05) is 25.9 Å². The van der Waals surface area contributed by atoms with Crippen LogP contribution in [0.3, 0.4) is 0 Å². The number of thiazole rings is 1. The third-order valence-corrected chi connectivity index (χ3v) is 5.72. The van der Waals surface area contributed by atoms with Gasteiger partial charge in [-0.1, -0.05) is 29.0 Å². The Balaban J connectivity index is 2.08. The van der Waals surface area contributed by atoms with Gasteiger partial charge in [0.25, 0.3) is 5.91 Å². The minimum Gasteiger partial charge on any atom is -0.496 e. The molecule has 0 aliphatic carbocycles. The van der Waals surface area contributed by atoms with Crippen molar-refractivity contribution in [1.29, 1.82) is 0 Å². The van der Waals surface area contributed by atoms with Gasteiger partial charge in [-0.3, -0.25) is 9.69 Å². The Morgan fingerprint density at radius 1 is 1.18 bits per heavy atom. The minimum absolute atomic E-state index is 0.172. The van der Waals surface area contributed by atoms with Crippen LogP contribution in [0.25, 0.3) is 10.2 Å². The van der Waals surface area contributed by atoms with Gasteiger partial charge in [-0.2, -0.15) is 0 Å². The molecule has 0 saturated heterocycles. The summed E-state index contributed by atoms with van der Waals surface area (Å²) in [6.07, 6.45) is 0. The zero-order valence-electron chi connectivity index (χ0n) is 16.7. The van der Waals surface area contributed by atoms with Crippen molar-refractivity contribution in [3.05, 3.63) is 52.0 Å². The molecule has 0 spiro atoms. The highest BCUT2D eigenvalue weighted by molar-refractivity contribution is 7.22. The Morgan fingerprint density at radius 3 is 2.61 bits per heavy atom. The average Bonchev–Trinajstić information content (AvgIpc) is 3.05. The van der Waals surface area contributed by atoms with Crippen LogP contribution in [0.15, 0.2) is 30.3 Å². The van der Waals surface area contributed by atoms with Gasteiger partial charge >= 0.3 is 0 Å². The molecule has 3 aromatic rings. The number of methoxy groups -OCH3 is 1. The number of likely N-dealkylation sites (N-methyl/N-ethyl adjacent to an activating group) is 1. The Kier molecular flexibility index (Phi) is 6.23. The fraction of sp³-hybridized carbons (Fsp3) is 0.333. The first-order chi connectivity index (χ1) is 13.3. The lowest BCUT2D eigenvalue weighted by atomic mass is 10.1. The first-order valence-corrected chi connectivity index (χ1v) is 10.2. The van der Waals surface area contributed by atoms with E-state index >= 15 is 0 Å². The highest BCUT2D eigenvalue weighted by Crippen LogP contribution is 2.33. The van der Waals surface area contributed by atoms with Crippen molar-refractivity contribution in [2.75, 3.05) is 39.2 Å². The summed E-state index contributed by atoms with van der Waals surface area (Å²) in [5.41, 5.74) is 3.66. The Morgan fingerprint density at radius 2 is 1.93 bits per heavy atom. The minimum atomic E-state index is -0.172. The Hall–Kier alpha value is -2.15. The molecule has 28 heavy (non-hydrogen) atoms. The zero-order chi connectivity index (χ0) is 20.4. The maximum atomic E-state index is 13.5. The molecule has 0 unspecified atom stereocenters. The van der Waals surface area contributed by atoms with Gasteiger partial charge in [0.15, 0.2) is 5.13 Å². The van der Waals surface area contributed by atoms with Crippen LogP contribution in [0.2, 0.25) is 5.02 Å². The summed E-state index contributed by atoms with van der Waals surface area (Å²) >= 11 is 7.68. The number of benzene rings is 2. The number of halogens is 1. The number of aromatic nitrogens is 1. The second-order valence-electron chi connectivity index (χ2n) is 7.03. The number of carbonyl (C=O) groups is 1. The number of nitrogens with zero attached hydrogens (tertiary/aromatic N) is 3. The van der Waals surface area contributed by atoms with Crippen LogP contribution in [0.4, 0.5) is 5.13 Å². The highest BCUT2D eigenvalue weighted by Gasteiger charge is 2.24. The lowest BCUT2D eigenvalue weighted by Crippen LogP contribution is -2.37. The van der Waals surface area contributed by atoms with E-state index in [4.69, 9.17) is 21.3 Å². The van der Waals surface area contributed by atoms with Gasteiger partial charge in [-0.05, 0) is 63.3 Å². The number of fused-ring (bicyclic) bond motifs is 1. The van der Waals surface area contributed by atoms with Crippen LogP contribution in [0.5, 0.6) is 5.75 Å². The topological polar surface area (TPSA) is 45.7 Å². The van der Waals surface area contributed by atoms with Crippen LogP contribution in [0.1, 0.15) is 21.5 Å². The third kappa shape index (κ3) is 4.29. The van der Waals surface area contributed by atoms with E-state index in [2.05, 4.69) is 19.1 Å². The summed E-state index contributed by atoms with van der Waals surface area (Å²) in [4.78, 5) is 22.0. The molecule has 0 bridgehead atoms. The van der Waals surface area contributed by atoms with Crippen LogP contribution in [0, 0.1) is 13.8 Å². The predicted molar refractivity (Wildman–Crippen MR) is 117 cm³/mol. The van der Waals surface area contributed by atoms with Crippen molar-refractivity contribution in [3.8, 4) is 5.75 Å². The summed E-state index contributed by atoms with van der Waals surface area (Å²) in [6.45, 7) is 5.34. The maximum Gasteiger partial charge on any atom is 0.263 e. The van der Waals surface area contributed by atoms with Crippen molar-refractivity contribution < 1.29 is 9.53 Å². The number of ether oxygens (including phenoxy) is 1. The van der Waals surface area contributed by atoms with Gasteiger partial charge in [0.1, 0.15) is 5.75 Å². The molecular formula is C21H24ClN3O2S. The van der Waals surface area contributed by atoms with E-state index in [0.29, 0.717) is 34.6 Å². The number of anilines is 1. The molecule has 2 aromatic carbocycles. The number of aryl methyl sites for hydroxylation is 2. The Labute approximate surface area is 174 Å². The number of rotatable bonds is 6. The van der Waals surface area contributed by atoms with E-state index in [9.17, 15) is 4.79 Å². The average molecular weight is 418 g/mol. The lowest BCUT2D eigenvalue weighted by molar-refractivity contribution is 0.0982. The second-order valence-corrected chi connectivity index (χ2v) is 8.48. The molecule has 0 saturated carbocycles. The van der Waals surface area contributed by atoms with Gasteiger partial charge in [0, 0.05) is 18.1 Å². The molecule has 1 amide bonds. The standard InChI is InChI=1S/C21H24ClN3O2S/c1-13-10-14(2)19-18(11-13)28-21(23-19)25(9-8-24(3)4)20(26)16-12-15(22)6-7-17(16)27-5/h6-7,10-12H,8-9H2,1-5H3. The highest BCUT2D eigenvalue weighted by atomic mass is 35.5. The molecule has 0 atom stereocenters. The van der Waals surface area contributed by atoms with Crippen molar-refractivity contribution in [3.63, 3.8) is 0 Å². The molecule has 3 rings (SSSR count). The van der Waals surface area contributed by atoms with Crippen LogP contribution in [-0.2, 0) is 0 Å². The monoisotopic (exact) mass is 417 g/mol. The summed E-state index contributed by atoms with van der Waals surface area (Å²) in [5.74, 6) is 0.326. The van der Waals surface area contributed by atoms with Crippen LogP contribution >= 0.6 is 22.9 Å². The molecule has 1 heterocycles. The quantitative estimate of drug-likeness (QED) is 0.578. The molecule has 0 N–H and O–H groups in total. The van der Waals surface area contributed by atoms with Crippen molar-refractivity contribution >= 4 is 44.2 Å². The SMILES string of the molecule is COc1ccc(Cl)cc1C(=O)N(CCN(C)C)c1nc2c(C)cc(C)cc2s1. The van der Waals surface area contributed by atoms with Crippen LogP contribution in [-0.4, -0.2) is 50.1 Å². The van der Waals surface area contributed by atoms with E-state index < -0.39 is 0 Å². The first-order valence-electron chi connectivity index (χ1n) is 8.98. The number of hydrogen-bond donors (Lipinski definition) is 0. The van der Waals surface area contributed by atoms with Gasteiger partial charge in [0.2, 0.25) is 0 Å². The first kappa shape index (κ1) is 20.6. The molecule has 0 radical (unpaired) electrons. The second kappa shape index (κ2) is 8.47. The third-order valence-electron chi connectivity index (χ3n) is 4.46. The summed E-state index contributed by atoms with van der Waals surface area (Å²) < 4.78 is 6.47. The smallest absolute Gasteiger partial charge is 0.263 e. The number of hydrogen-bond acceptors (Lipinski definition) is 5. The molecule has 5 nitrogen and oxygen atoms in total. The Bertz CT molecular complexity index is 1020. The van der Waals surface area contributed by atoms with Gasteiger partial charge in [0.05, 0.1) is 22.9 Å². The summed E-state index contributed by atoms with van der Waals surface area (Å²) in [5, 5.41) is 1.17. The van der Waals surface area contributed by atoms with Crippen molar-refractivity contribution in [2.24, 2.45) is 0 Å². The maximum absolute atomic E-state index is 13.5. The van der Waals surface area contributed by atoms with E-state index in [1.54, 1.807) is 30.2 Å². The molecular weight excluding hydrogens is 394 g/mol. The fourth-order valence-corrected chi connectivity index (χ4v) is 4.39. The van der Waals surface area contributed by atoms with Crippen LogP contribution < -0.4 is 9.64 Å². The normalized spacial score (nSPS) is 11.2. The molecule has 7 heteroatoms. The zero-order valence-corrected chi connectivity index (χ0v) is 18.3. The van der Waals surface area contributed by atoms with Gasteiger partial charge in [-0.25, -0.2) is 4.98 Å². The predicted octanol–water partition coefficient (Wildman–Crippen LogP) is 4.78. The van der Waals surface area contributed by atoms with E-state index in [0.717, 1.165) is 15.8 Å². The summed E-state index contributed by atoms with van der Waals surface area (Å²) in [6, 6.07) is 9.29.